The Kier molecular flexibility index (Phi) is 8.79. The fourth-order valence-corrected chi connectivity index (χ4v) is 2.26. The fourth-order valence-electron chi connectivity index (χ4n) is 0.890. The second kappa shape index (κ2) is 9.19. The molecule has 0 aliphatic carbocycles. The van der Waals surface area contributed by atoms with Crippen LogP contribution in [0.5, 0.6) is 0 Å². The van der Waals surface area contributed by atoms with Gasteiger partial charge in [0.15, 0.2) is 0 Å². The van der Waals surface area contributed by atoms with E-state index < -0.39 is 9.28 Å². The third kappa shape index (κ3) is 7.52. The normalized spacial score (nSPS) is 10.2. The van der Waals surface area contributed by atoms with E-state index >= 15 is 0 Å². The Morgan fingerprint density at radius 2 is 1.22 bits per heavy atom. The second-order valence-corrected chi connectivity index (χ2v) is 6.82. The highest BCUT2D eigenvalue weighted by Crippen LogP contribution is 2.04. The van der Waals surface area contributed by atoms with Crippen LogP contribution in [0, 0.1) is 0 Å². The van der Waals surface area contributed by atoms with Crippen molar-refractivity contribution in [2.75, 3.05) is 0 Å². The van der Waals surface area contributed by atoms with Crippen LogP contribution in [0.1, 0.15) is 54.9 Å². The topological polar surface area (TPSA) is 42.5 Å². The predicted octanol–water partition coefficient (Wildman–Crippen LogP) is 3.29. The summed E-state index contributed by atoms with van der Waals surface area (Å²) in [6.07, 6.45) is 1.06. The molecule has 0 saturated carbocycles. The first-order chi connectivity index (χ1) is 8.38. The van der Waals surface area contributed by atoms with E-state index in [-0.39, 0.29) is 0 Å². The second-order valence-electron chi connectivity index (χ2n) is 4.91. The zero-order chi connectivity index (χ0) is 14.1. The van der Waals surface area contributed by atoms with Crippen molar-refractivity contribution in [1.82, 2.24) is 11.0 Å². The molecular weight excluding hydrogens is 244 g/mol. The zero-order valence-corrected chi connectivity index (χ0v) is 14.0. The monoisotopic (exact) mass is 272 g/mol. The van der Waals surface area contributed by atoms with Crippen molar-refractivity contribution < 1.29 is 9.05 Å². The molecule has 0 amide bonds. The highest BCUT2D eigenvalue weighted by atomic mass is 28.3. The van der Waals surface area contributed by atoms with E-state index in [1.54, 1.807) is 0 Å². The molecule has 0 unspecified atom stereocenters. The summed E-state index contributed by atoms with van der Waals surface area (Å²) in [7, 11) is -1.72. The average Bonchev–Trinajstić information content (AvgIpc) is 2.31. The van der Waals surface area contributed by atoms with E-state index in [4.69, 9.17) is 9.05 Å². The van der Waals surface area contributed by atoms with Gasteiger partial charge in [-0.2, -0.15) is 0 Å². The van der Waals surface area contributed by atoms with Crippen LogP contribution in [-0.2, 0) is 9.05 Å². The molecule has 0 bridgehead atoms. The van der Waals surface area contributed by atoms with Crippen LogP contribution in [0.3, 0.4) is 0 Å². The van der Waals surface area contributed by atoms with Crippen molar-refractivity contribution in [3.63, 3.8) is 0 Å². The maximum atomic E-state index is 5.66. The molecular formula is C13H28N2O2Si. The van der Waals surface area contributed by atoms with Gasteiger partial charge in [-0.25, -0.2) is 0 Å². The summed E-state index contributed by atoms with van der Waals surface area (Å²) in [5, 5.41) is 0. The van der Waals surface area contributed by atoms with E-state index in [1.807, 2.05) is 13.8 Å². The molecule has 0 heterocycles. The number of hydroxylamine groups is 2. The van der Waals surface area contributed by atoms with Crippen molar-refractivity contribution in [2.45, 2.75) is 60.9 Å². The van der Waals surface area contributed by atoms with E-state index in [1.165, 1.54) is 11.1 Å². The van der Waals surface area contributed by atoms with Gasteiger partial charge in [0.25, 0.3) is 0 Å². The Bertz CT molecular complexity index is 278. The number of hydrogen-bond donors (Lipinski definition) is 2. The summed E-state index contributed by atoms with van der Waals surface area (Å²) < 4.78 is 11.3. The molecule has 0 rings (SSSR count). The molecule has 0 atom stereocenters. The Hall–Kier alpha value is -0.783. The largest absolute Gasteiger partial charge is 0.376 e. The van der Waals surface area contributed by atoms with Crippen LogP contribution >= 0.6 is 0 Å². The molecule has 0 spiro atoms. The maximum Gasteiger partial charge on any atom is 0.376 e. The molecule has 5 heteroatoms. The number of nitrogens with one attached hydrogen (secondary N) is 2. The summed E-state index contributed by atoms with van der Waals surface area (Å²) in [5.74, 6) is 0. The van der Waals surface area contributed by atoms with Gasteiger partial charge in [0.2, 0.25) is 0 Å². The Morgan fingerprint density at radius 1 is 0.833 bits per heavy atom. The minimum atomic E-state index is -1.72. The minimum absolute atomic E-state index is 0.964. The lowest BCUT2D eigenvalue weighted by Gasteiger charge is -2.19. The molecule has 0 aromatic rings. The predicted molar refractivity (Wildman–Crippen MR) is 78.8 cm³/mol. The Morgan fingerprint density at radius 3 is 1.50 bits per heavy atom. The molecule has 0 aromatic heterocycles. The van der Waals surface area contributed by atoms with Gasteiger partial charge in [0.05, 0.1) is 0 Å². The molecule has 106 valence electrons. The maximum absolute atomic E-state index is 5.66. The van der Waals surface area contributed by atoms with Gasteiger partial charge in [-0.05, 0) is 47.6 Å². The lowest BCUT2D eigenvalue weighted by atomic mass is 10.3. The van der Waals surface area contributed by atoms with E-state index in [0.29, 0.717) is 0 Å². The molecule has 2 N–H and O–H groups in total. The van der Waals surface area contributed by atoms with E-state index in [9.17, 15) is 0 Å². The Labute approximate surface area is 113 Å². The summed E-state index contributed by atoms with van der Waals surface area (Å²) >= 11 is 0. The molecule has 0 aliphatic rings. The van der Waals surface area contributed by atoms with Gasteiger partial charge >= 0.3 is 9.28 Å². The summed E-state index contributed by atoms with van der Waals surface area (Å²) in [4.78, 5) is 0. The molecule has 0 saturated heterocycles. The SMILES string of the molecule is CCC[SiH](ONC(C)=C(C)C)ONC(C)=C(C)C. The lowest BCUT2D eigenvalue weighted by Crippen LogP contribution is -2.34. The van der Waals surface area contributed by atoms with Crippen LogP contribution in [-0.4, -0.2) is 9.28 Å². The van der Waals surface area contributed by atoms with Crippen LogP contribution in [0.2, 0.25) is 6.04 Å². The molecule has 0 fully saturated rings. The van der Waals surface area contributed by atoms with Crippen molar-refractivity contribution in [3.05, 3.63) is 22.5 Å². The van der Waals surface area contributed by atoms with Crippen LogP contribution in [0.25, 0.3) is 0 Å². The van der Waals surface area contributed by atoms with Gasteiger partial charge in [-0.15, -0.1) is 0 Å². The third-order valence-electron chi connectivity index (χ3n) is 2.71. The highest BCUT2D eigenvalue weighted by Gasteiger charge is 2.14. The van der Waals surface area contributed by atoms with Gasteiger partial charge in [0.1, 0.15) is 0 Å². The van der Waals surface area contributed by atoms with E-state index in [2.05, 4.69) is 45.6 Å². The molecule has 18 heavy (non-hydrogen) atoms. The molecule has 0 aliphatic heterocycles. The van der Waals surface area contributed by atoms with Crippen LogP contribution < -0.4 is 11.0 Å². The van der Waals surface area contributed by atoms with Crippen LogP contribution in [0.4, 0.5) is 0 Å². The first-order valence-corrected chi connectivity index (χ1v) is 8.25. The molecule has 0 radical (unpaired) electrons. The summed E-state index contributed by atoms with van der Waals surface area (Å²) in [5.41, 5.74) is 10.5. The standard InChI is InChI=1S/C13H28N2O2Si/c1-8-9-18(16-14-12(6)10(2)3)17-15-13(7)11(4)5/h14-15,18H,8-9H2,1-7H3. The summed E-state index contributed by atoms with van der Waals surface area (Å²) in [6.45, 7) is 14.3. The van der Waals surface area contributed by atoms with Gasteiger partial charge in [-0.3, -0.25) is 20.0 Å². The van der Waals surface area contributed by atoms with Gasteiger partial charge < -0.3 is 0 Å². The molecule has 4 nitrogen and oxygen atoms in total. The quantitative estimate of drug-likeness (QED) is 0.525. The fraction of sp³-hybridized carbons (Fsp3) is 0.692. The smallest absolute Gasteiger partial charge is 0.290 e. The third-order valence-corrected chi connectivity index (χ3v) is 4.52. The van der Waals surface area contributed by atoms with Crippen molar-refractivity contribution in [2.24, 2.45) is 0 Å². The Balaban J connectivity index is 4.24. The number of rotatable bonds is 8. The highest BCUT2D eigenvalue weighted by molar-refractivity contribution is 6.44. The van der Waals surface area contributed by atoms with Gasteiger partial charge in [0, 0.05) is 11.4 Å². The van der Waals surface area contributed by atoms with Crippen molar-refractivity contribution >= 4 is 9.28 Å². The number of hydrogen-bond acceptors (Lipinski definition) is 4. The molecule has 0 aromatic carbocycles. The zero-order valence-electron chi connectivity index (χ0n) is 12.8. The summed E-state index contributed by atoms with van der Waals surface area (Å²) in [6, 6.07) is 0.964. The minimum Gasteiger partial charge on any atom is -0.290 e. The average molecular weight is 272 g/mol. The van der Waals surface area contributed by atoms with Crippen LogP contribution in [0.15, 0.2) is 22.5 Å². The number of allylic oxidation sites excluding steroid dienone is 4. The lowest BCUT2D eigenvalue weighted by molar-refractivity contribution is 0.111. The first-order valence-electron chi connectivity index (χ1n) is 6.50. The van der Waals surface area contributed by atoms with Crippen molar-refractivity contribution in [3.8, 4) is 0 Å². The first kappa shape index (κ1) is 17.2. The van der Waals surface area contributed by atoms with Crippen molar-refractivity contribution in [1.29, 1.82) is 0 Å². The van der Waals surface area contributed by atoms with E-state index in [0.717, 1.165) is 23.9 Å². The van der Waals surface area contributed by atoms with Gasteiger partial charge in [-0.1, -0.05) is 24.5 Å².